The normalized spacial score (nSPS) is 29.4. The minimum atomic E-state index is -0.391. The number of hydrogen-bond donors (Lipinski definition) is 2. The summed E-state index contributed by atoms with van der Waals surface area (Å²) in [6.45, 7) is 3.97. The molecule has 0 heterocycles. The van der Waals surface area contributed by atoms with Crippen molar-refractivity contribution in [3.63, 3.8) is 0 Å². The molecule has 1 saturated carbocycles. The number of nitrogens with two attached hydrogens (primary N) is 1. The van der Waals surface area contributed by atoms with Gasteiger partial charge in [0.1, 0.15) is 0 Å². The van der Waals surface area contributed by atoms with Gasteiger partial charge in [0, 0.05) is 12.0 Å². The van der Waals surface area contributed by atoms with Crippen molar-refractivity contribution in [3.8, 4) is 0 Å². The fraction of sp³-hybridized carbons (Fsp3) is 0.562. The molecule has 19 heavy (non-hydrogen) atoms. The summed E-state index contributed by atoms with van der Waals surface area (Å²) in [6.07, 6.45) is 2.32. The van der Waals surface area contributed by atoms with E-state index < -0.39 is 6.04 Å². The average molecular weight is 258 g/mol. The van der Waals surface area contributed by atoms with Gasteiger partial charge in [0.05, 0.1) is 6.04 Å². The number of fused-ring (bicyclic) bond motifs is 3. The molecule has 1 fully saturated rings. The summed E-state index contributed by atoms with van der Waals surface area (Å²) in [5.41, 5.74) is 8.79. The molecule has 1 amide bonds. The van der Waals surface area contributed by atoms with E-state index in [0.717, 1.165) is 6.42 Å². The van der Waals surface area contributed by atoms with E-state index >= 15 is 0 Å². The molecule has 3 rings (SSSR count). The quantitative estimate of drug-likeness (QED) is 0.869. The van der Waals surface area contributed by atoms with E-state index in [9.17, 15) is 4.79 Å². The second-order valence-corrected chi connectivity index (χ2v) is 6.23. The Morgan fingerprint density at radius 3 is 2.84 bits per heavy atom. The minimum absolute atomic E-state index is 0.00637. The molecule has 3 N–H and O–H groups in total. The Kier molecular flexibility index (Phi) is 3.09. The van der Waals surface area contributed by atoms with Crippen molar-refractivity contribution < 1.29 is 4.79 Å². The van der Waals surface area contributed by atoms with Gasteiger partial charge in [-0.05, 0) is 35.8 Å². The first-order valence-electron chi connectivity index (χ1n) is 7.23. The maximum atomic E-state index is 12.1. The molecule has 0 radical (unpaired) electrons. The third-order valence-corrected chi connectivity index (χ3v) is 4.66. The van der Waals surface area contributed by atoms with Crippen molar-refractivity contribution in [2.75, 3.05) is 0 Å². The summed E-state index contributed by atoms with van der Waals surface area (Å²) in [7, 11) is 0. The van der Waals surface area contributed by atoms with E-state index in [0.29, 0.717) is 17.9 Å². The van der Waals surface area contributed by atoms with Crippen LogP contribution in [0.25, 0.3) is 0 Å². The molecule has 1 aromatic carbocycles. The Morgan fingerprint density at radius 1 is 1.37 bits per heavy atom. The highest BCUT2D eigenvalue weighted by atomic mass is 16.2. The highest BCUT2D eigenvalue weighted by molar-refractivity contribution is 5.82. The third kappa shape index (κ3) is 2.16. The smallest absolute Gasteiger partial charge is 0.237 e. The van der Waals surface area contributed by atoms with Gasteiger partial charge in [0.25, 0.3) is 0 Å². The zero-order valence-corrected chi connectivity index (χ0v) is 11.6. The molecule has 3 unspecified atom stereocenters. The fourth-order valence-corrected chi connectivity index (χ4v) is 3.33. The number of nitrogens with one attached hydrogen (secondary N) is 1. The molecule has 0 spiro atoms. The Balaban J connectivity index is 1.70. The van der Waals surface area contributed by atoms with E-state index in [4.69, 9.17) is 5.73 Å². The number of carbonyl (C=O) groups excluding carboxylic acids is 1. The Labute approximate surface area is 114 Å². The highest BCUT2D eigenvalue weighted by Crippen LogP contribution is 2.54. The lowest BCUT2D eigenvalue weighted by molar-refractivity contribution is -0.123. The molecule has 0 bridgehead atoms. The van der Waals surface area contributed by atoms with E-state index in [2.05, 4.69) is 29.6 Å². The van der Waals surface area contributed by atoms with Crippen LogP contribution in [0.15, 0.2) is 24.3 Å². The molecule has 0 aliphatic heterocycles. The number of rotatable bonds is 3. The van der Waals surface area contributed by atoms with Crippen molar-refractivity contribution in [2.24, 2.45) is 17.6 Å². The molecule has 1 aromatic rings. The van der Waals surface area contributed by atoms with Gasteiger partial charge in [0.15, 0.2) is 0 Å². The van der Waals surface area contributed by atoms with Crippen molar-refractivity contribution >= 4 is 5.91 Å². The van der Waals surface area contributed by atoms with Crippen LogP contribution in [-0.4, -0.2) is 18.0 Å². The van der Waals surface area contributed by atoms with E-state index in [1.165, 1.54) is 17.5 Å². The van der Waals surface area contributed by atoms with Crippen molar-refractivity contribution in [3.05, 3.63) is 35.4 Å². The van der Waals surface area contributed by atoms with Gasteiger partial charge in [-0.1, -0.05) is 38.1 Å². The summed E-state index contributed by atoms with van der Waals surface area (Å²) < 4.78 is 0. The van der Waals surface area contributed by atoms with Crippen molar-refractivity contribution in [2.45, 2.75) is 44.7 Å². The summed E-state index contributed by atoms with van der Waals surface area (Å²) >= 11 is 0. The first kappa shape index (κ1) is 12.7. The zero-order chi connectivity index (χ0) is 13.6. The number of amides is 1. The lowest BCUT2D eigenvalue weighted by Crippen LogP contribution is -2.45. The van der Waals surface area contributed by atoms with Crippen LogP contribution in [0.1, 0.15) is 37.3 Å². The Bertz CT molecular complexity index is 497. The van der Waals surface area contributed by atoms with E-state index in [-0.39, 0.29) is 11.8 Å². The molecular weight excluding hydrogens is 236 g/mol. The highest BCUT2D eigenvalue weighted by Gasteiger charge is 2.54. The topological polar surface area (TPSA) is 55.1 Å². The fourth-order valence-electron chi connectivity index (χ4n) is 3.33. The molecule has 3 nitrogen and oxygen atoms in total. The molecule has 2 aliphatic rings. The van der Waals surface area contributed by atoms with Crippen LogP contribution in [0, 0.1) is 11.8 Å². The van der Waals surface area contributed by atoms with Crippen molar-refractivity contribution in [1.29, 1.82) is 0 Å². The number of benzene rings is 1. The SMILES string of the molecule is CC(C)[C@H](N)C(=O)NC1C2CCc3ccccc3C21. The van der Waals surface area contributed by atoms with Crippen LogP contribution >= 0.6 is 0 Å². The Morgan fingerprint density at radius 2 is 2.11 bits per heavy atom. The lowest BCUT2D eigenvalue weighted by Gasteiger charge is -2.15. The predicted octanol–water partition coefficient (Wildman–Crippen LogP) is 1.81. The molecule has 102 valence electrons. The van der Waals surface area contributed by atoms with E-state index in [1.807, 2.05) is 13.8 Å². The van der Waals surface area contributed by atoms with Crippen LogP contribution in [0.5, 0.6) is 0 Å². The van der Waals surface area contributed by atoms with E-state index in [1.54, 1.807) is 0 Å². The summed E-state index contributed by atoms with van der Waals surface area (Å²) in [4.78, 5) is 12.1. The van der Waals surface area contributed by atoms with Crippen LogP contribution in [-0.2, 0) is 11.2 Å². The largest absolute Gasteiger partial charge is 0.351 e. The van der Waals surface area contributed by atoms with Crippen LogP contribution in [0.4, 0.5) is 0 Å². The second-order valence-electron chi connectivity index (χ2n) is 6.23. The summed E-state index contributed by atoms with van der Waals surface area (Å²) in [5, 5.41) is 3.15. The third-order valence-electron chi connectivity index (χ3n) is 4.66. The monoisotopic (exact) mass is 258 g/mol. The molecule has 0 saturated heterocycles. The maximum Gasteiger partial charge on any atom is 0.237 e. The average Bonchev–Trinajstić information content (AvgIpc) is 3.11. The van der Waals surface area contributed by atoms with Gasteiger partial charge >= 0.3 is 0 Å². The van der Waals surface area contributed by atoms with Crippen LogP contribution < -0.4 is 11.1 Å². The molecule has 2 aliphatic carbocycles. The number of hydrogen-bond acceptors (Lipinski definition) is 2. The predicted molar refractivity (Wildman–Crippen MR) is 75.7 cm³/mol. The molecule has 3 heteroatoms. The van der Waals surface area contributed by atoms with Crippen LogP contribution in [0.3, 0.4) is 0 Å². The minimum Gasteiger partial charge on any atom is -0.351 e. The van der Waals surface area contributed by atoms with Gasteiger partial charge in [-0.25, -0.2) is 0 Å². The number of aryl methyl sites for hydroxylation is 1. The zero-order valence-electron chi connectivity index (χ0n) is 11.6. The van der Waals surface area contributed by atoms with Crippen LogP contribution in [0.2, 0.25) is 0 Å². The number of carbonyl (C=O) groups is 1. The van der Waals surface area contributed by atoms with Gasteiger partial charge in [-0.2, -0.15) is 0 Å². The summed E-state index contributed by atoms with van der Waals surface area (Å²) in [5.74, 6) is 1.34. The molecule has 4 atom stereocenters. The van der Waals surface area contributed by atoms with Gasteiger partial charge in [-0.3, -0.25) is 4.79 Å². The molecular formula is C16H22N2O. The van der Waals surface area contributed by atoms with Gasteiger partial charge in [0.2, 0.25) is 5.91 Å². The lowest BCUT2D eigenvalue weighted by atomic mass is 9.92. The van der Waals surface area contributed by atoms with Gasteiger partial charge in [-0.15, -0.1) is 0 Å². The van der Waals surface area contributed by atoms with Crippen molar-refractivity contribution in [1.82, 2.24) is 5.32 Å². The first-order valence-corrected chi connectivity index (χ1v) is 7.23. The first-order chi connectivity index (χ1) is 9.09. The molecule has 0 aromatic heterocycles. The van der Waals surface area contributed by atoms with Gasteiger partial charge < -0.3 is 11.1 Å². The summed E-state index contributed by atoms with van der Waals surface area (Å²) in [6, 6.07) is 8.53. The second kappa shape index (κ2) is 4.64. The Hall–Kier alpha value is -1.35. The maximum absolute atomic E-state index is 12.1. The standard InChI is InChI=1S/C16H22N2O/c1-9(2)14(17)16(19)18-15-12-8-7-10-5-3-4-6-11(10)13(12)15/h3-6,9,12-15H,7-8,17H2,1-2H3,(H,18,19)/t12?,13?,14-,15?/m0/s1.